The van der Waals surface area contributed by atoms with Crippen LogP contribution in [0.25, 0.3) is 77.5 Å². The van der Waals surface area contributed by atoms with Gasteiger partial charge in [0.1, 0.15) is 0 Å². The Morgan fingerprint density at radius 2 is 0.726 bits per heavy atom. The van der Waals surface area contributed by atoms with Crippen molar-refractivity contribution < 1.29 is 0 Å². The minimum absolute atomic E-state index is 0.213. The lowest BCUT2D eigenvalue weighted by Gasteiger charge is -2.30. The van der Waals surface area contributed by atoms with Gasteiger partial charge >= 0.3 is 0 Å². The zero-order chi connectivity index (χ0) is 41.6. The molecule has 0 heterocycles. The number of para-hydroxylation sites is 1. The summed E-state index contributed by atoms with van der Waals surface area (Å²) in [7, 11) is 0. The topological polar surface area (TPSA) is 3.24 Å². The highest BCUT2D eigenvalue weighted by Crippen LogP contribution is 2.52. The molecule has 0 aromatic heterocycles. The predicted octanol–water partition coefficient (Wildman–Crippen LogP) is 17.0. The number of benzene rings is 10. The summed E-state index contributed by atoms with van der Waals surface area (Å²) in [6.07, 6.45) is 0. The van der Waals surface area contributed by atoms with Crippen molar-refractivity contribution in [3.8, 4) is 66.8 Å². The summed E-state index contributed by atoms with van der Waals surface area (Å²) in [5.41, 5.74) is 20.6. The van der Waals surface area contributed by atoms with E-state index in [1.165, 1.54) is 88.7 Å². The highest BCUT2D eigenvalue weighted by Gasteiger charge is 2.36. The Hall–Kier alpha value is -7.74. The summed E-state index contributed by atoms with van der Waals surface area (Å²) in [5, 5.41) is 2.55. The Morgan fingerprint density at radius 1 is 0.290 bits per heavy atom. The number of rotatable bonds is 8. The summed E-state index contributed by atoms with van der Waals surface area (Å²) in [6.45, 7) is 4.78. The van der Waals surface area contributed by atoms with E-state index in [2.05, 4.69) is 255 Å². The Labute approximate surface area is 364 Å². The van der Waals surface area contributed by atoms with E-state index in [0.29, 0.717) is 0 Å². The van der Waals surface area contributed by atoms with Crippen molar-refractivity contribution in [2.24, 2.45) is 0 Å². The number of fused-ring (bicyclic) bond motifs is 4. The minimum Gasteiger partial charge on any atom is -0.310 e. The molecule has 0 bridgehead atoms. The zero-order valence-corrected chi connectivity index (χ0v) is 35.0. The van der Waals surface area contributed by atoms with E-state index in [1.807, 2.05) is 0 Å². The van der Waals surface area contributed by atoms with Gasteiger partial charge in [-0.3, -0.25) is 0 Å². The molecular weight excluding hydrogens is 747 g/mol. The van der Waals surface area contributed by atoms with E-state index in [4.69, 9.17) is 0 Å². The molecule has 0 fully saturated rings. The first-order valence-corrected chi connectivity index (χ1v) is 21.6. The summed E-state index contributed by atoms with van der Waals surface area (Å²) < 4.78 is 0. The van der Waals surface area contributed by atoms with Gasteiger partial charge in [-0.05, 0) is 119 Å². The molecule has 0 unspecified atom stereocenters. The van der Waals surface area contributed by atoms with Crippen LogP contribution < -0.4 is 4.90 Å². The van der Waals surface area contributed by atoms with E-state index >= 15 is 0 Å². The second kappa shape index (κ2) is 15.4. The van der Waals surface area contributed by atoms with E-state index in [-0.39, 0.29) is 5.41 Å². The van der Waals surface area contributed by atoms with Crippen LogP contribution in [-0.4, -0.2) is 0 Å². The lowest BCUT2D eigenvalue weighted by atomic mass is 9.81. The molecule has 0 atom stereocenters. The average molecular weight is 792 g/mol. The largest absolute Gasteiger partial charge is 0.310 e. The molecule has 11 rings (SSSR count). The fourth-order valence-electron chi connectivity index (χ4n) is 9.61. The molecule has 1 heteroatoms. The molecule has 0 N–H and O–H groups in total. The molecule has 0 radical (unpaired) electrons. The number of hydrogen-bond donors (Lipinski definition) is 0. The highest BCUT2D eigenvalue weighted by molar-refractivity contribution is 5.98. The molecule has 0 spiro atoms. The number of hydrogen-bond acceptors (Lipinski definition) is 1. The fraction of sp³-hybridized carbons (Fsp3) is 0.0492. The van der Waals surface area contributed by atoms with Crippen LogP contribution >= 0.6 is 0 Å². The molecule has 1 aliphatic rings. The molecule has 10 aromatic carbocycles. The lowest BCUT2D eigenvalue weighted by molar-refractivity contribution is 0.660. The molecular formula is C61H45N. The Kier molecular flexibility index (Phi) is 9.24. The second-order valence-corrected chi connectivity index (χ2v) is 16.9. The highest BCUT2D eigenvalue weighted by atomic mass is 15.1. The SMILES string of the molecule is CC1(C)c2cc(-c3cccc4ccccc34)ccc2-c2ccc(N(c3ccc(-c4ccc(-c5ccccc5)cc4)cc3)c3ccccc3-c3ccc(-c4ccccc4)cc3)cc21. The van der Waals surface area contributed by atoms with Crippen LogP contribution in [0.3, 0.4) is 0 Å². The van der Waals surface area contributed by atoms with E-state index in [9.17, 15) is 0 Å². The summed E-state index contributed by atoms with van der Waals surface area (Å²) >= 11 is 0. The molecule has 0 aliphatic heterocycles. The van der Waals surface area contributed by atoms with Gasteiger partial charge < -0.3 is 4.90 Å². The van der Waals surface area contributed by atoms with Crippen LogP contribution in [0.4, 0.5) is 17.1 Å². The Bertz CT molecular complexity index is 3210. The van der Waals surface area contributed by atoms with Crippen molar-refractivity contribution in [1.29, 1.82) is 0 Å². The third kappa shape index (κ3) is 6.60. The van der Waals surface area contributed by atoms with Gasteiger partial charge in [-0.1, -0.05) is 214 Å². The van der Waals surface area contributed by atoms with Gasteiger partial charge in [0.25, 0.3) is 0 Å². The first-order chi connectivity index (χ1) is 30.5. The van der Waals surface area contributed by atoms with Gasteiger partial charge in [0.05, 0.1) is 5.69 Å². The van der Waals surface area contributed by atoms with Gasteiger partial charge in [-0.2, -0.15) is 0 Å². The Balaban J connectivity index is 1.01. The van der Waals surface area contributed by atoms with Gasteiger partial charge in [0, 0.05) is 22.4 Å². The number of anilines is 3. The average Bonchev–Trinajstić information content (AvgIpc) is 3.57. The summed E-state index contributed by atoms with van der Waals surface area (Å²) in [6, 6.07) is 86.5. The maximum Gasteiger partial charge on any atom is 0.0540 e. The van der Waals surface area contributed by atoms with Gasteiger partial charge in [-0.25, -0.2) is 0 Å². The fourth-order valence-corrected chi connectivity index (χ4v) is 9.61. The molecule has 62 heavy (non-hydrogen) atoms. The maximum absolute atomic E-state index is 2.45. The van der Waals surface area contributed by atoms with Crippen molar-refractivity contribution in [1.82, 2.24) is 0 Å². The maximum atomic E-state index is 2.45. The van der Waals surface area contributed by atoms with Crippen LogP contribution in [0.5, 0.6) is 0 Å². The van der Waals surface area contributed by atoms with Gasteiger partial charge in [0.15, 0.2) is 0 Å². The zero-order valence-electron chi connectivity index (χ0n) is 35.0. The van der Waals surface area contributed by atoms with E-state index < -0.39 is 0 Å². The van der Waals surface area contributed by atoms with E-state index in [1.54, 1.807) is 0 Å². The smallest absolute Gasteiger partial charge is 0.0540 e. The van der Waals surface area contributed by atoms with Crippen molar-refractivity contribution >= 4 is 27.8 Å². The Morgan fingerprint density at radius 3 is 1.37 bits per heavy atom. The van der Waals surface area contributed by atoms with Crippen LogP contribution in [-0.2, 0) is 5.41 Å². The van der Waals surface area contributed by atoms with Crippen LogP contribution in [0.1, 0.15) is 25.0 Å². The minimum atomic E-state index is -0.213. The lowest BCUT2D eigenvalue weighted by Crippen LogP contribution is -2.17. The monoisotopic (exact) mass is 791 g/mol. The van der Waals surface area contributed by atoms with Crippen molar-refractivity contribution in [3.05, 3.63) is 248 Å². The van der Waals surface area contributed by atoms with Crippen molar-refractivity contribution in [2.75, 3.05) is 4.90 Å². The molecule has 1 aliphatic carbocycles. The summed E-state index contributed by atoms with van der Waals surface area (Å²) in [5.74, 6) is 0. The molecule has 1 nitrogen and oxygen atoms in total. The third-order valence-corrected chi connectivity index (χ3v) is 12.9. The second-order valence-electron chi connectivity index (χ2n) is 16.9. The quantitative estimate of drug-likeness (QED) is 0.148. The van der Waals surface area contributed by atoms with Crippen molar-refractivity contribution in [3.63, 3.8) is 0 Å². The standard InChI is InChI=1S/C61H45N/c1-61(2)58-40-50(54-22-13-19-48-18-9-10-20-53(48)54)34-38-56(58)57-39-37-52(41-59(57)61)62(51-35-32-47(33-36-51)46-26-24-44(25-27-46)42-14-5-3-6-15-42)60-23-12-11-21-55(60)49-30-28-45(29-31-49)43-16-7-4-8-17-43/h3-41H,1-2H3. The molecule has 0 saturated carbocycles. The molecule has 10 aromatic rings. The molecule has 0 amide bonds. The summed E-state index contributed by atoms with van der Waals surface area (Å²) in [4.78, 5) is 2.45. The molecule has 294 valence electrons. The third-order valence-electron chi connectivity index (χ3n) is 12.9. The van der Waals surface area contributed by atoms with Crippen molar-refractivity contribution in [2.45, 2.75) is 19.3 Å². The number of nitrogens with zero attached hydrogens (tertiary/aromatic N) is 1. The van der Waals surface area contributed by atoms with Crippen LogP contribution in [0.2, 0.25) is 0 Å². The molecule has 0 saturated heterocycles. The van der Waals surface area contributed by atoms with Crippen LogP contribution in [0, 0.1) is 0 Å². The van der Waals surface area contributed by atoms with Gasteiger partial charge in [0.2, 0.25) is 0 Å². The first kappa shape index (κ1) is 37.3. The predicted molar refractivity (Wildman–Crippen MR) is 263 cm³/mol. The van der Waals surface area contributed by atoms with E-state index in [0.717, 1.165) is 17.1 Å². The first-order valence-electron chi connectivity index (χ1n) is 21.6. The normalized spacial score (nSPS) is 12.5. The van der Waals surface area contributed by atoms with Crippen LogP contribution in [0.15, 0.2) is 237 Å². The van der Waals surface area contributed by atoms with Gasteiger partial charge in [-0.15, -0.1) is 0 Å².